The first kappa shape index (κ1) is 21.9. The maximum absolute atomic E-state index is 12.0. The Hall–Kier alpha value is -2.42. The molecule has 1 aromatic carbocycles. The fraction of sp³-hybridized carbons (Fsp3) is 0.500. The van der Waals surface area contributed by atoms with Gasteiger partial charge in [-0.05, 0) is 33.0 Å². The lowest BCUT2D eigenvalue weighted by atomic mass is 9.72. The summed E-state index contributed by atoms with van der Waals surface area (Å²) in [6.07, 6.45) is 6.10. The number of carbonyl (C=O) groups is 2. The molecule has 1 aliphatic heterocycles. The Morgan fingerprint density at radius 1 is 1.04 bits per heavy atom. The Kier molecular flexibility index (Phi) is 6.82. The van der Waals surface area contributed by atoms with Gasteiger partial charge in [-0.2, -0.15) is 0 Å². The standard InChI is InChI=1S/C20H25NO6.H2O/c1-21(2)12-14(20(25)10-4-3-5-11-20)13-6-7-15(22)19-18(13)26-16(23)8-9-17(24)27-19;/h6-9,14,22,25H,3-5,10-12H2,1-2H3;1H2/b9-8+;/t14-;/m1./s1. The minimum absolute atomic E-state index is 0. The minimum atomic E-state index is -0.970. The molecule has 4 N–H and O–H groups in total. The van der Waals surface area contributed by atoms with Crippen LogP contribution >= 0.6 is 0 Å². The molecule has 0 aromatic heterocycles. The van der Waals surface area contributed by atoms with Gasteiger partial charge in [0, 0.05) is 30.2 Å². The van der Waals surface area contributed by atoms with Crippen LogP contribution in [0, 0.1) is 0 Å². The number of likely N-dealkylation sites (N-methyl/N-ethyl adjacent to an activating group) is 1. The van der Waals surface area contributed by atoms with Crippen LogP contribution in [0.3, 0.4) is 0 Å². The number of nitrogens with zero attached hydrogens (tertiary/aromatic N) is 1. The van der Waals surface area contributed by atoms with Crippen LogP contribution in [0.15, 0.2) is 24.3 Å². The predicted molar refractivity (Wildman–Crippen MR) is 101 cm³/mol. The van der Waals surface area contributed by atoms with Crippen molar-refractivity contribution < 1.29 is 34.8 Å². The number of aromatic hydroxyl groups is 1. The van der Waals surface area contributed by atoms with Crippen molar-refractivity contribution in [3.05, 3.63) is 29.8 Å². The molecule has 8 heteroatoms. The lowest BCUT2D eigenvalue weighted by Gasteiger charge is -2.41. The van der Waals surface area contributed by atoms with E-state index in [2.05, 4.69) is 0 Å². The third-order valence-electron chi connectivity index (χ3n) is 5.17. The Labute approximate surface area is 163 Å². The SMILES string of the molecule is CN(C)C[C@H](c1ccc(O)c2c1OC(=O)/C=C/C(=O)O2)C1(O)CCCCC1.O. The van der Waals surface area contributed by atoms with E-state index in [1.165, 1.54) is 6.07 Å². The number of ether oxygens (including phenoxy) is 2. The van der Waals surface area contributed by atoms with Gasteiger partial charge in [0.15, 0.2) is 11.5 Å². The molecule has 2 aliphatic rings. The van der Waals surface area contributed by atoms with Crippen molar-refractivity contribution in [1.82, 2.24) is 4.90 Å². The van der Waals surface area contributed by atoms with E-state index < -0.39 is 17.5 Å². The molecule has 0 saturated heterocycles. The molecular formula is C20H27NO7. The van der Waals surface area contributed by atoms with E-state index in [-0.39, 0.29) is 28.6 Å². The van der Waals surface area contributed by atoms with Crippen LogP contribution < -0.4 is 9.47 Å². The van der Waals surface area contributed by atoms with Gasteiger partial charge in [-0.3, -0.25) is 0 Å². The van der Waals surface area contributed by atoms with E-state index in [4.69, 9.17) is 9.47 Å². The maximum atomic E-state index is 12.0. The summed E-state index contributed by atoms with van der Waals surface area (Å²) >= 11 is 0. The maximum Gasteiger partial charge on any atom is 0.336 e. The first-order valence-corrected chi connectivity index (χ1v) is 9.15. The number of benzene rings is 1. The van der Waals surface area contributed by atoms with E-state index >= 15 is 0 Å². The third kappa shape index (κ3) is 4.52. The second-order valence-electron chi connectivity index (χ2n) is 7.49. The second kappa shape index (κ2) is 8.72. The van der Waals surface area contributed by atoms with Gasteiger partial charge in [0.25, 0.3) is 0 Å². The van der Waals surface area contributed by atoms with Crippen LogP contribution in [0.2, 0.25) is 0 Å². The van der Waals surface area contributed by atoms with Crippen LogP contribution in [-0.2, 0) is 9.59 Å². The summed E-state index contributed by atoms with van der Waals surface area (Å²) in [5.74, 6) is -2.40. The van der Waals surface area contributed by atoms with Gasteiger partial charge in [-0.25, -0.2) is 9.59 Å². The van der Waals surface area contributed by atoms with Crippen molar-refractivity contribution in [3.63, 3.8) is 0 Å². The zero-order valence-electron chi connectivity index (χ0n) is 16.1. The molecule has 28 heavy (non-hydrogen) atoms. The van der Waals surface area contributed by atoms with Gasteiger partial charge < -0.3 is 30.1 Å². The average Bonchev–Trinajstić information content (AvgIpc) is 2.61. The van der Waals surface area contributed by atoms with Crippen LogP contribution in [0.1, 0.15) is 43.6 Å². The van der Waals surface area contributed by atoms with Gasteiger partial charge in [0.1, 0.15) is 0 Å². The second-order valence-corrected chi connectivity index (χ2v) is 7.49. The molecule has 1 fully saturated rings. The smallest absolute Gasteiger partial charge is 0.336 e. The number of aliphatic hydroxyl groups is 1. The molecule has 1 aliphatic carbocycles. The van der Waals surface area contributed by atoms with E-state index in [1.807, 2.05) is 19.0 Å². The molecule has 0 spiro atoms. The Bertz CT molecular complexity index is 766. The van der Waals surface area contributed by atoms with Crippen molar-refractivity contribution in [2.45, 2.75) is 43.6 Å². The van der Waals surface area contributed by atoms with Gasteiger partial charge in [-0.1, -0.05) is 25.3 Å². The minimum Gasteiger partial charge on any atom is -0.504 e. The highest BCUT2D eigenvalue weighted by Crippen LogP contribution is 2.48. The fourth-order valence-electron chi connectivity index (χ4n) is 3.89. The molecule has 0 amide bonds. The number of carbonyl (C=O) groups excluding carboxylic acids is 2. The highest BCUT2D eigenvalue weighted by Gasteiger charge is 2.41. The van der Waals surface area contributed by atoms with Gasteiger partial charge in [-0.15, -0.1) is 0 Å². The molecule has 0 bridgehead atoms. The van der Waals surface area contributed by atoms with Crippen molar-refractivity contribution >= 4 is 11.9 Å². The molecule has 8 nitrogen and oxygen atoms in total. The number of rotatable bonds is 4. The van der Waals surface area contributed by atoms with Crippen molar-refractivity contribution in [3.8, 4) is 17.2 Å². The summed E-state index contributed by atoms with van der Waals surface area (Å²) in [5, 5.41) is 21.6. The molecule has 154 valence electrons. The normalized spacial score (nSPS) is 20.7. The third-order valence-corrected chi connectivity index (χ3v) is 5.17. The number of phenols is 1. The zero-order chi connectivity index (χ0) is 19.6. The molecule has 1 atom stereocenters. The monoisotopic (exact) mass is 393 g/mol. The first-order valence-electron chi connectivity index (χ1n) is 9.15. The molecule has 0 unspecified atom stereocenters. The number of hydrogen-bond acceptors (Lipinski definition) is 7. The van der Waals surface area contributed by atoms with Crippen LogP contribution in [0.25, 0.3) is 0 Å². The molecule has 0 radical (unpaired) electrons. The predicted octanol–water partition coefficient (Wildman–Crippen LogP) is 1.29. The Morgan fingerprint density at radius 2 is 1.61 bits per heavy atom. The fourth-order valence-corrected chi connectivity index (χ4v) is 3.89. The highest BCUT2D eigenvalue weighted by molar-refractivity contribution is 5.95. The largest absolute Gasteiger partial charge is 0.504 e. The molecular weight excluding hydrogens is 366 g/mol. The molecule has 1 saturated carbocycles. The molecule has 1 aromatic rings. The van der Waals surface area contributed by atoms with Gasteiger partial charge in [0.05, 0.1) is 5.60 Å². The van der Waals surface area contributed by atoms with Crippen molar-refractivity contribution in [2.24, 2.45) is 0 Å². The summed E-state index contributed by atoms with van der Waals surface area (Å²) < 4.78 is 10.6. The van der Waals surface area contributed by atoms with E-state index in [0.29, 0.717) is 24.9 Å². The number of fused-ring (bicyclic) bond motifs is 1. The van der Waals surface area contributed by atoms with Gasteiger partial charge in [0.2, 0.25) is 5.75 Å². The number of hydrogen-bond donors (Lipinski definition) is 2. The number of phenolic OH excluding ortho intramolecular Hbond substituents is 1. The highest BCUT2D eigenvalue weighted by atomic mass is 16.6. The zero-order valence-corrected chi connectivity index (χ0v) is 16.1. The van der Waals surface area contributed by atoms with Crippen LogP contribution in [-0.4, -0.2) is 58.8 Å². The van der Waals surface area contributed by atoms with Gasteiger partial charge >= 0.3 is 11.9 Å². The van der Waals surface area contributed by atoms with Crippen LogP contribution in [0.5, 0.6) is 17.2 Å². The lowest BCUT2D eigenvalue weighted by Crippen LogP contribution is -2.43. The molecule has 1 heterocycles. The molecule has 3 rings (SSSR count). The quantitative estimate of drug-likeness (QED) is 0.583. The first-order chi connectivity index (χ1) is 12.8. The topological polar surface area (TPSA) is 128 Å². The Morgan fingerprint density at radius 3 is 2.18 bits per heavy atom. The summed E-state index contributed by atoms with van der Waals surface area (Å²) in [7, 11) is 3.80. The van der Waals surface area contributed by atoms with Crippen molar-refractivity contribution in [1.29, 1.82) is 0 Å². The lowest BCUT2D eigenvalue weighted by molar-refractivity contribution is -0.133. The number of esters is 2. The van der Waals surface area contributed by atoms with Crippen LogP contribution in [0.4, 0.5) is 0 Å². The average molecular weight is 393 g/mol. The van der Waals surface area contributed by atoms with E-state index in [0.717, 1.165) is 31.4 Å². The van der Waals surface area contributed by atoms with E-state index in [1.54, 1.807) is 6.07 Å². The summed E-state index contributed by atoms with van der Waals surface area (Å²) in [4.78, 5) is 25.8. The van der Waals surface area contributed by atoms with Crippen molar-refractivity contribution in [2.75, 3.05) is 20.6 Å². The van der Waals surface area contributed by atoms with E-state index in [9.17, 15) is 19.8 Å². The summed E-state index contributed by atoms with van der Waals surface area (Å²) in [5.41, 5.74) is -0.431. The summed E-state index contributed by atoms with van der Waals surface area (Å²) in [6.45, 7) is 0.509. The Balaban J connectivity index is 0.00000280. The summed E-state index contributed by atoms with van der Waals surface area (Å²) in [6, 6.07) is 3.02.